The predicted molar refractivity (Wildman–Crippen MR) is 135 cm³/mol. The van der Waals surface area contributed by atoms with Gasteiger partial charge in [-0.1, -0.05) is 12.1 Å². The molecule has 0 N–H and O–H groups in total. The van der Waals surface area contributed by atoms with Crippen LogP contribution in [0.25, 0.3) is 10.2 Å². The van der Waals surface area contributed by atoms with Crippen molar-refractivity contribution in [2.24, 2.45) is 0 Å². The first-order valence-electron chi connectivity index (χ1n) is 11.9. The molecule has 34 heavy (non-hydrogen) atoms. The van der Waals surface area contributed by atoms with Crippen molar-refractivity contribution in [3.63, 3.8) is 0 Å². The Kier molecular flexibility index (Phi) is 6.99. The van der Waals surface area contributed by atoms with Gasteiger partial charge < -0.3 is 14.4 Å². The number of methoxy groups -OCH3 is 2. The highest BCUT2D eigenvalue weighted by atomic mass is 32.1. The standard InChI is InChI=1S/C26H32N4O3S/c1-32-19-9-10-23(33-2)20(16-19)22-7-5-11-30(22)26(31)18-29-14-12-28(13-15-29)17-25-27-21-6-3-4-8-24(21)34-25/h3-4,6,8-10,16,22H,5,7,11-15,17-18H2,1-2H3/t22-/m0/s1. The van der Waals surface area contributed by atoms with E-state index in [0.717, 1.165) is 79.7 Å². The molecule has 5 rings (SSSR count). The van der Waals surface area contributed by atoms with E-state index in [4.69, 9.17) is 14.5 Å². The zero-order chi connectivity index (χ0) is 23.5. The molecule has 1 amide bonds. The van der Waals surface area contributed by atoms with Crippen LogP contribution in [-0.2, 0) is 11.3 Å². The second kappa shape index (κ2) is 10.3. The lowest BCUT2D eigenvalue weighted by molar-refractivity contribution is -0.133. The molecule has 3 aromatic rings. The van der Waals surface area contributed by atoms with Crippen LogP contribution < -0.4 is 9.47 Å². The number of hydrogen-bond donors (Lipinski definition) is 0. The number of para-hydroxylation sites is 1. The summed E-state index contributed by atoms with van der Waals surface area (Å²) in [4.78, 5) is 24.8. The monoisotopic (exact) mass is 480 g/mol. The number of carbonyl (C=O) groups is 1. The second-order valence-corrected chi connectivity index (χ2v) is 10.1. The fraction of sp³-hybridized carbons (Fsp3) is 0.462. The number of thiazole rings is 1. The lowest BCUT2D eigenvalue weighted by atomic mass is 10.0. The Morgan fingerprint density at radius 3 is 2.59 bits per heavy atom. The molecule has 8 heteroatoms. The van der Waals surface area contributed by atoms with Gasteiger partial charge in [-0.15, -0.1) is 11.3 Å². The molecule has 0 radical (unpaired) electrons. The molecule has 0 saturated carbocycles. The molecule has 0 bridgehead atoms. The molecule has 2 aliphatic rings. The first kappa shape index (κ1) is 23.1. The molecule has 2 aromatic carbocycles. The van der Waals surface area contributed by atoms with E-state index in [1.54, 1.807) is 25.6 Å². The van der Waals surface area contributed by atoms with Crippen LogP contribution in [0.4, 0.5) is 0 Å². The number of piperazine rings is 1. The van der Waals surface area contributed by atoms with Gasteiger partial charge in [0, 0.05) is 38.3 Å². The Hall–Kier alpha value is -2.68. The summed E-state index contributed by atoms with van der Waals surface area (Å²) >= 11 is 1.78. The minimum Gasteiger partial charge on any atom is -0.497 e. The summed E-state index contributed by atoms with van der Waals surface area (Å²) in [5.41, 5.74) is 2.12. The highest BCUT2D eigenvalue weighted by Crippen LogP contribution is 2.39. The third kappa shape index (κ3) is 4.89. The zero-order valence-electron chi connectivity index (χ0n) is 19.9. The van der Waals surface area contributed by atoms with Crippen molar-refractivity contribution in [2.45, 2.75) is 25.4 Å². The third-order valence-electron chi connectivity index (χ3n) is 6.89. The maximum atomic E-state index is 13.3. The van der Waals surface area contributed by atoms with Gasteiger partial charge >= 0.3 is 0 Å². The minimum absolute atomic E-state index is 0.0397. The summed E-state index contributed by atoms with van der Waals surface area (Å²) in [5, 5.41) is 1.16. The smallest absolute Gasteiger partial charge is 0.237 e. The van der Waals surface area contributed by atoms with Gasteiger partial charge in [0.2, 0.25) is 5.91 Å². The molecular formula is C26H32N4O3S. The Labute approximate surface area is 204 Å². The number of hydrogen-bond acceptors (Lipinski definition) is 7. The summed E-state index contributed by atoms with van der Waals surface area (Å²) in [7, 11) is 3.35. The maximum Gasteiger partial charge on any atom is 0.237 e. The average molecular weight is 481 g/mol. The molecule has 2 aliphatic heterocycles. The highest BCUT2D eigenvalue weighted by molar-refractivity contribution is 7.18. The van der Waals surface area contributed by atoms with Crippen molar-refractivity contribution in [2.75, 3.05) is 53.5 Å². The molecule has 2 saturated heterocycles. The summed E-state index contributed by atoms with van der Waals surface area (Å²) in [5.74, 6) is 1.81. The van der Waals surface area contributed by atoms with Crippen molar-refractivity contribution in [3.8, 4) is 11.5 Å². The number of fused-ring (bicyclic) bond motifs is 1. The zero-order valence-corrected chi connectivity index (χ0v) is 20.7. The Morgan fingerprint density at radius 1 is 1.03 bits per heavy atom. The summed E-state index contributed by atoms with van der Waals surface area (Å²) in [6.07, 6.45) is 1.96. The number of amides is 1. The van der Waals surface area contributed by atoms with Crippen LogP contribution in [0.2, 0.25) is 0 Å². The predicted octanol–water partition coefficient (Wildman–Crippen LogP) is 3.79. The summed E-state index contributed by atoms with van der Waals surface area (Å²) in [6.45, 7) is 5.85. The molecule has 0 aliphatic carbocycles. The van der Waals surface area contributed by atoms with Gasteiger partial charge in [0.25, 0.3) is 0 Å². The topological polar surface area (TPSA) is 58.1 Å². The van der Waals surface area contributed by atoms with Crippen molar-refractivity contribution < 1.29 is 14.3 Å². The van der Waals surface area contributed by atoms with Crippen molar-refractivity contribution in [3.05, 3.63) is 53.0 Å². The van der Waals surface area contributed by atoms with Crippen LogP contribution in [0.3, 0.4) is 0 Å². The molecule has 0 spiro atoms. The van der Waals surface area contributed by atoms with Crippen LogP contribution in [0, 0.1) is 0 Å². The lowest BCUT2D eigenvalue weighted by Gasteiger charge is -2.35. The van der Waals surface area contributed by atoms with Crippen LogP contribution in [-0.4, -0.2) is 79.1 Å². The van der Waals surface area contributed by atoms with Gasteiger partial charge in [0.1, 0.15) is 16.5 Å². The van der Waals surface area contributed by atoms with Crippen LogP contribution in [0.1, 0.15) is 29.5 Å². The van der Waals surface area contributed by atoms with Crippen molar-refractivity contribution in [1.29, 1.82) is 0 Å². The second-order valence-electron chi connectivity index (χ2n) is 8.98. The molecule has 1 atom stereocenters. The van der Waals surface area contributed by atoms with Gasteiger partial charge in [-0.3, -0.25) is 14.6 Å². The van der Waals surface area contributed by atoms with E-state index in [1.807, 2.05) is 29.2 Å². The molecule has 1 aromatic heterocycles. The summed E-state index contributed by atoms with van der Waals surface area (Å²) in [6, 6.07) is 14.2. The number of rotatable bonds is 7. The van der Waals surface area contributed by atoms with Crippen molar-refractivity contribution in [1.82, 2.24) is 19.7 Å². The average Bonchev–Trinajstić information content (AvgIpc) is 3.51. The normalized spacial score (nSPS) is 19.6. The number of carbonyl (C=O) groups excluding carboxylic acids is 1. The first-order valence-corrected chi connectivity index (χ1v) is 12.8. The van der Waals surface area contributed by atoms with E-state index in [1.165, 1.54) is 4.70 Å². The summed E-state index contributed by atoms with van der Waals surface area (Å²) < 4.78 is 12.3. The van der Waals surface area contributed by atoms with E-state index in [9.17, 15) is 4.79 Å². The SMILES string of the molecule is COc1ccc(OC)c([C@@H]2CCCN2C(=O)CN2CCN(Cc3nc4ccccc4s3)CC2)c1. The number of aromatic nitrogens is 1. The quantitative estimate of drug-likeness (QED) is 0.513. The fourth-order valence-corrected chi connectivity index (χ4v) is 6.06. The fourth-order valence-electron chi connectivity index (χ4n) is 5.05. The van der Waals surface area contributed by atoms with Gasteiger partial charge in [0.05, 0.1) is 43.6 Å². The van der Waals surface area contributed by atoms with Crippen molar-refractivity contribution >= 4 is 27.5 Å². The van der Waals surface area contributed by atoms with E-state index < -0.39 is 0 Å². The Morgan fingerprint density at radius 2 is 1.82 bits per heavy atom. The van der Waals surface area contributed by atoms with Gasteiger partial charge in [-0.2, -0.15) is 0 Å². The largest absolute Gasteiger partial charge is 0.497 e. The number of benzene rings is 2. The third-order valence-corrected chi connectivity index (χ3v) is 7.91. The number of nitrogens with zero attached hydrogens (tertiary/aromatic N) is 4. The first-order chi connectivity index (χ1) is 16.6. The van der Waals surface area contributed by atoms with Crippen LogP contribution in [0.5, 0.6) is 11.5 Å². The van der Waals surface area contributed by atoms with Crippen LogP contribution >= 0.6 is 11.3 Å². The Balaban J connectivity index is 1.17. The lowest BCUT2D eigenvalue weighted by Crippen LogP contribution is -2.49. The van der Waals surface area contributed by atoms with Gasteiger partial charge in [0.15, 0.2) is 0 Å². The minimum atomic E-state index is 0.0397. The molecule has 0 unspecified atom stereocenters. The van der Waals surface area contributed by atoms with E-state index in [-0.39, 0.29) is 11.9 Å². The van der Waals surface area contributed by atoms with E-state index >= 15 is 0 Å². The number of likely N-dealkylation sites (tertiary alicyclic amines) is 1. The van der Waals surface area contributed by atoms with E-state index in [0.29, 0.717) is 6.54 Å². The van der Waals surface area contributed by atoms with Gasteiger partial charge in [-0.05, 0) is 43.2 Å². The molecular weight excluding hydrogens is 448 g/mol. The molecule has 3 heterocycles. The maximum absolute atomic E-state index is 13.3. The molecule has 7 nitrogen and oxygen atoms in total. The van der Waals surface area contributed by atoms with E-state index in [2.05, 4.69) is 28.0 Å². The Bertz CT molecular complexity index is 1110. The van der Waals surface area contributed by atoms with Gasteiger partial charge in [-0.25, -0.2) is 4.98 Å². The molecule has 2 fully saturated rings. The highest BCUT2D eigenvalue weighted by Gasteiger charge is 2.33. The molecule has 180 valence electrons. The van der Waals surface area contributed by atoms with Crippen LogP contribution in [0.15, 0.2) is 42.5 Å². The number of ether oxygens (including phenoxy) is 2.